The van der Waals surface area contributed by atoms with Gasteiger partial charge in [0.25, 0.3) is 0 Å². The Kier molecular flexibility index (Phi) is 6.01. The first-order valence-electron chi connectivity index (χ1n) is 9.03. The summed E-state index contributed by atoms with van der Waals surface area (Å²) in [6.45, 7) is 4.61. The minimum absolute atomic E-state index is 0.0542. The lowest BCUT2D eigenvalue weighted by Crippen LogP contribution is -2.32. The van der Waals surface area contributed by atoms with Crippen molar-refractivity contribution in [3.8, 4) is 5.75 Å². The number of para-hydroxylation sites is 2. The van der Waals surface area contributed by atoms with Crippen molar-refractivity contribution in [2.24, 2.45) is 5.92 Å². The molecule has 0 radical (unpaired) electrons. The number of carbonyl (C=O) groups excluding carboxylic acids is 2. The smallest absolute Gasteiger partial charge is 0.227 e. The molecule has 2 aromatic rings. The van der Waals surface area contributed by atoms with E-state index >= 15 is 0 Å². The van der Waals surface area contributed by atoms with Crippen molar-refractivity contribution in [2.45, 2.75) is 32.9 Å². The fourth-order valence-corrected chi connectivity index (χ4v) is 3.37. The molecule has 1 atom stereocenters. The molecular formula is C21H23ClN2O3. The third kappa shape index (κ3) is 4.61. The van der Waals surface area contributed by atoms with E-state index in [2.05, 4.69) is 5.32 Å². The molecule has 5 nitrogen and oxygen atoms in total. The van der Waals surface area contributed by atoms with Crippen LogP contribution in [0.3, 0.4) is 0 Å². The molecule has 1 N–H and O–H groups in total. The number of hydrogen-bond donors (Lipinski definition) is 1. The monoisotopic (exact) mass is 386 g/mol. The lowest BCUT2D eigenvalue weighted by atomic mass is 10.1. The van der Waals surface area contributed by atoms with E-state index in [1.807, 2.05) is 50.2 Å². The average molecular weight is 387 g/mol. The van der Waals surface area contributed by atoms with Crippen LogP contribution < -0.4 is 15.0 Å². The highest BCUT2D eigenvalue weighted by molar-refractivity contribution is 6.33. The summed E-state index contributed by atoms with van der Waals surface area (Å²) in [5.41, 5.74) is 1.56. The largest absolute Gasteiger partial charge is 0.491 e. The van der Waals surface area contributed by atoms with E-state index in [1.165, 1.54) is 0 Å². The molecule has 1 aliphatic rings. The van der Waals surface area contributed by atoms with Gasteiger partial charge < -0.3 is 15.0 Å². The van der Waals surface area contributed by atoms with E-state index in [9.17, 15) is 9.59 Å². The minimum Gasteiger partial charge on any atom is -0.491 e. The summed E-state index contributed by atoms with van der Waals surface area (Å²) >= 11 is 6.19. The first-order valence-corrected chi connectivity index (χ1v) is 9.40. The zero-order chi connectivity index (χ0) is 19.4. The fourth-order valence-electron chi connectivity index (χ4n) is 3.13. The third-order valence-electron chi connectivity index (χ3n) is 4.43. The Bertz CT molecular complexity index is 838. The van der Waals surface area contributed by atoms with E-state index in [1.54, 1.807) is 17.0 Å². The number of rotatable bonds is 6. The quantitative estimate of drug-likeness (QED) is 0.821. The second-order valence-corrected chi connectivity index (χ2v) is 7.26. The Morgan fingerprint density at radius 1 is 1.22 bits per heavy atom. The summed E-state index contributed by atoms with van der Waals surface area (Å²) < 4.78 is 5.78. The molecule has 0 aliphatic carbocycles. The topological polar surface area (TPSA) is 58.6 Å². The zero-order valence-corrected chi connectivity index (χ0v) is 16.2. The van der Waals surface area contributed by atoms with Crippen molar-refractivity contribution in [1.82, 2.24) is 5.32 Å². The Hall–Kier alpha value is -2.53. The highest BCUT2D eigenvalue weighted by atomic mass is 35.5. The Morgan fingerprint density at radius 2 is 1.93 bits per heavy atom. The number of carbonyl (C=O) groups is 2. The lowest BCUT2D eigenvalue weighted by Gasteiger charge is -2.18. The van der Waals surface area contributed by atoms with Crippen LogP contribution in [-0.2, 0) is 16.1 Å². The molecule has 142 valence electrons. The van der Waals surface area contributed by atoms with Gasteiger partial charge in [-0.2, -0.15) is 0 Å². The second kappa shape index (κ2) is 8.44. The Morgan fingerprint density at radius 3 is 2.67 bits per heavy atom. The molecule has 0 bridgehead atoms. The highest BCUT2D eigenvalue weighted by Gasteiger charge is 2.35. The Balaban J connectivity index is 1.63. The number of nitrogens with zero attached hydrogens (tertiary/aromatic N) is 1. The van der Waals surface area contributed by atoms with Crippen molar-refractivity contribution in [3.05, 3.63) is 59.1 Å². The predicted octanol–water partition coefficient (Wildman–Crippen LogP) is 3.80. The van der Waals surface area contributed by atoms with Gasteiger partial charge in [0.05, 0.1) is 22.7 Å². The highest BCUT2D eigenvalue weighted by Crippen LogP contribution is 2.31. The molecule has 1 saturated heterocycles. The van der Waals surface area contributed by atoms with Gasteiger partial charge in [-0.3, -0.25) is 9.59 Å². The van der Waals surface area contributed by atoms with Crippen molar-refractivity contribution >= 4 is 29.1 Å². The standard InChI is InChI=1S/C21H23ClN2O3/c1-14(2)27-19-10-6-3-7-15(19)12-23-21(26)16-11-20(25)24(13-16)18-9-5-4-8-17(18)22/h3-10,14,16H,11-13H2,1-2H3,(H,23,26)/t16-/m0/s1. The second-order valence-electron chi connectivity index (χ2n) is 6.85. The number of anilines is 1. The van der Waals surface area contributed by atoms with E-state index in [-0.39, 0.29) is 24.3 Å². The summed E-state index contributed by atoms with van der Waals surface area (Å²) in [6.07, 6.45) is 0.236. The number of hydrogen-bond acceptors (Lipinski definition) is 3. The number of nitrogens with one attached hydrogen (secondary N) is 1. The maximum Gasteiger partial charge on any atom is 0.227 e. The molecule has 3 rings (SSSR count). The van der Waals surface area contributed by atoms with Crippen molar-refractivity contribution in [2.75, 3.05) is 11.4 Å². The van der Waals surface area contributed by atoms with Crippen LogP contribution in [0.5, 0.6) is 5.75 Å². The maximum atomic E-state index is 12.6. The summed E-state index contributed by atoms with van der Waals surface area (Å²) in [7, 11) is 0. The SMILES string of the molecule is CC(C)Oc1ccccc1CNC(=O)[C@H]1CC(=O)N(c2ccccc2Cl)C1. The van der Waals surface area contributed by atoms with Crippen LogP contribution in [0, 0.1) is 5.92 Å². The minimum atomic E-state index is -0.396. The Labute approximate surface area is 164 Å². The van der Waals surface area contributed by atoms with Gasteiger partial charge in [0.15, 0.2) is 0 Å². The molecule has 2 amide bonds. The van der Waals surface area contributed by atoms with Crippen LogP contribution in [0.15, 0.2) is 48.5 Å². The molecule has 0 unspecified atom stereocenters. The summed E-state index contributed by atoms with van der Waals surface area (Å²) in [5, 5.41) is 3.44. The van der Waals surface area contributed by atoms with Crippen molar-refractivity contribution < 1.29 is 14.3 Å². The van der Waals surface area contributed by atoms with Crippen molar-refractivity contribution in [3.63, 3.8) is 0 Å². The van der Waals surface area contributed by atoms with Crippen LogP contribution in [0.1, 0.15) is 25.8 Å². The van der Waals surface area contributed by atoms with Gasteiger partial charge in [-0.15, -0.1) is 0 Å². The number of benzene rings is 2. The molecule has 27 heavy (non-hydrogen) atoms. The molecule has 0 aromatic heterocycles. The predicted molar refractivity (Wildman–Crippen MR) is 106 cm³/mol. The average Bonchev–Trinajstić information content (AvgIpc) is 3.02. The van der Waals surface area contributed by atoms with Crippen LogP contribution in [0.4, 0.5) is 5.69 Å². The fraction of sp³-hybridized carbons (Fsp3) is 0.333. The van der Waals surface area contributed by atoms with E-state index in [4.69, 9.17) is 16.3 Å². The first kappa shape index (κ1) is 19.2. The number of amides is 2. The van der Waals surface area contributed by atoms with Gasteiger partial charge in [0, 0.05) is 25.1 Å². The summed E-state index contributed by atoms with van der Waals surface area (Å²) in [4.78, 5) is 26.5. The van der Waals surface area contributed by atoms with Gasteiger partial charge in [0.1, 0.15) is 5.75 Å². The van der Waals surface area contributed by atoms with Gasteiger partial charge in [-0.1, -0.05) is 41.9 Å². The molecule has 1 heterocycles. The van der Waals surface area contributed by atoms with Crippen LogP contribution in [0.25, 0.3) is 0 Å². The molecule has 0 spiro atoms. The van der Waals surface area contributed by atoms with E-state index in [0.29, 0.717) is 23.8 Å². The lowest BCUT2D eigenvalue weighted by molar-refractivity contribution is -0.126. The summed E-state index contributed by atoms with van der Waals surface area (Å²) in [6, 6.07) is 14.8. The normalized spacial score (nSPS) is 16.7. The van der Waals surface area contributed by atoms with Crippen LogP contribution in [0.2, 0.25) is 5.02 Å². The van der Waals surface area contributed by atoms with Crippen LogP contribution in [-0.4, -0.2) is 24.5 Å². The maximum absolute atomic E-state index is 12.6. The third-order valence-corrected chi connectivity index (χ3v) is 4.75. The summed E-state index contributed by atoms with van der Waals surface area (Å²) in [5.74, 6) is 0.129. The zero-order valence-electron chi connectivity index (χ0n) is 15.4. The molecule has 1 fully saturated rings. The molecule has 6 heteroatoms. The number of halogens is 1. The van der Waals surface area contributed by atoms with E-state index in [0.717, 1.165) is 11.3 Å². The molecule has 0 saturated carbocycles. The van der Waals surface area contributed by atoms with Gasteiger partial charge in [-0.25, -0.2) is 0 Å². The van der Waals surface area contributed by atoms with E-state index < -0.39 is 5.92 Å². The molecule has 1 aliphatic heterocycles. The van der Waals surface area contributed by atoms with Gasteiger partial charge in [-0.05, 0) is 32.0 Å². The van der Waals surface area contributed by atoms with Gasteiger partial charge >= 0.3 is 0 Å². The first-order chi connectivity index (χ1) is 13.0. The number of ether oxygens (including phenoxy) is 1. The van der Waals surface area contributed by atoms with Crippen LogP contribution >= 0.6 is 11.6 Å². The molecule has 2 aromatic carbocycles. The molecular weight excluding hydrogens is 364 g/mol. The van der Waals surface area contributed by atoms with Crippen molar-refractivity contribution in [1.29, 1.82) is 0 Å². The van der Waals surface area contributed by atoms with Gasteiger partial charge in [0.2, 0.25) is 11.8 Å².